The Morgan fingerprint density at radius 1 is 0.970 bits per heavy atom. The number of imide groups is 1. The smallest absolute Gasteiger partial charge is 0.271 e. The van der Waals surface area contributed by atoms with Gasteiger partial charge in [-0.1, -0.05) is 29.8 Å². The van der Waals surface area contributed by atoms with Gasteiger partial charge in [0.25, 0.3) is 21.8 Å². The average Bonchev–Trinajstić information content (AvgIpc) is 3.39. The maximum atomic E-state index is 12.5. The van der Waals surface area contributed by atoms with Crippen molar-refractivity contribution in [2.45, 2.75) is 24.0 Å². The summed E-state index contributed by atoms with van der Waals surface area (Å²) >= 11 is 1.09. The van der Waals surface area contributed by atoms with E-state index in [1.807, 2.05) is 6.92 Å². The fourth-order valence-electron chi connectivity index (χ4n) is 3.51. The van der Waals surface area contributed by atoms with Crippen LogP contribution in [0, 0.1) is 6.92 Å². The Bertz CT molecular complexity index is 1330. The first-order chi connectivity index (χ1) is 15.8. The van der Waals surface area contributed by atoms with Crippen LogP contribution in [-0.4, -0.2) is 37.6 Å². The lowest BCUT2D eigenvalue weighted by molar-refractivity contribution is -0.116. The summed E-state index contributed by atoms with van der Waals surface area (Å²) in [6, 6.07) is 14.7. The molecule has 2 N–H and O–H groups in total. The van der Waals surface area contributed by atoms with E-state index >= 15 is 0 Å². The molecule has 0 saturated heterocycles. The van der Waals surface area contributed by atoms with Crippen molar-refractivity contribution in [3.05, 3.63) is 76.7 Å². The Balaban J connectivity index is 1.36. The molecule has 0 saturated carbocycles. The van der Waals surface area contributed by atoms with Gasteiger partial charge < -0.3 is 5.32 Å². The van der Waals surface area contributed by atoms with Crippen molar-refractivity contribution in [1.29, 1.82) is 0 Å². The number of aryl methyl sites for hydroxylation is 1. The van der Waals surface area contributed by atoms with Crippen molar-refractivity contribution in [3.8, 4) is 0 Å². The van der Waals surface area contributed by atoms with E-state index in [-0.39, 0.29) is 47.0 Å². The van der Waals surface area contributed by atoms with Crippen LogP contribution in [0.2, 0.25) is 0 Å². The molecule has 0 spiro atoms. The number of nitrogens with zero attached hydrogens (tertiary/aromatic N) is 1. The molecule has 4 rings (SSSR count). The Kier molecular flexibility index (Phi) is 6.30. The SMILES string of the molecule is Cc1ccc2c(c1)C(=O)N(CCCC(=O)Nc1ccccc1NS(=O)(=O)c1cccs1)C2=O. The van der Waals surface area contributed by atoms with Crippen LogP contribution in [0.4, 0.5) is 11.4 Å². The highest BCUT2D eigenvalue weighted by molar-refractivity contribution is 7.94. The zero-order valence-corrected chi connectivity index (χ0v) is 19.3. The second-order valence-electron chi connectivity index (χ2n) is 7.55. The number of benzene rings is 2. The minimum absolute atomic E-state index is 0.0540. The van der Waals surface area contributed by atoms with Gasteiger partial charge >= 0.3 is 0 Å². The number of amides is 3. The summed E-state index contributed by atoms with van der Waals surface area (Å²) < 4.78 is 27.7. The first kappa shape index (κ1) is 22.7. The minimum atomic E-state index is -3.76. The number of sulfonamides is 1. The molecular formula is C23H21N3O5S2. The first-order valence-corrected chi connectivity index (χ1v) is 12.5. The van der Waals surface area contributed by atoms with Gasteiger partial charge in [0.1, 0.15) is 4.21 Å². The summed E-state index contributed by atoms with van der Waals surface area (Å²) in [7, 11) is -3.76. The van der Waals surface area contributed by atoms with Crippen molar-refractivity contribution in [2.75, 3.05) is 16.6 Å². The highest BCUT2D eigenvalue weighted by Gasteiger charge is 2.35. The van der Waals surface area contributed by atoms with Crippen molar-refractivity contribution in [1.82, 2.24) is 4.90 Å². The van der Waals surface area contributed by atoms with E-state index in [1.54, 1.807) is 53.9 Å². The van der Waals surface area contributed by atoms with Crippen molar-refractivity contribution in [3.63, 3.8) is 0 Å². The van der Waals surface area contributed by atoms with E-state index in [9.17, 15) is 22.8 Å². The molecule has 0 aliphatic carbocycles. The number of nitrogens with one attached hydrogen (secondary N) is 2. The topological polar surface area (TPSA) is 113 Å². The molecule has 3 aromatic rings. The van der Waals surface area contributed by atoms with E-state index in [4.69, 9.17) is 0 Å². The predicted molar refractivity (Wildman–Crippen MR) is 126 cm³/mol. The molecule has 1 aliphatic heterocycles. The van der Waals surface area contributed by atoms with Crippen LogP contribution in [0.15, 0.2) is 64.2 Å². The zero-order valence-electron chi connectivity index (χ0n) is 17.7. The number of carbonyl (C=O) groups is 3. The molecule has 0 bridgehead atoms. The largest absolute Gasteiger partial charge is 0.324 e. The van der Waals surface area contributed by atoms with E-state index in [0.717, 1.165) is 21.8 Å². The van der Waals surface area contributed by atoms with Crippen LogP contribution >= 0.6 is 11.3 Å². The second kappa shape index (κ2) is 9.16. The average molecular weight is 484 g/mol. The monoisotopic (exact) mass is 483 g/mol. The number of fused-ring (bicyclic) bond motifs is 1. The van der Waals surface area contributed by atoms with Crippen molar-refractivity contribution in [2.24, 2.45) is 0 Å². The van der Waals surface area contributed by atoms with Gasteiger partial charge in [-0.3, -0.25) is 24.0 Å². The Morgan fingerprint density at radius 3 is 2.42 bits per heavy atom. The maximum Gasteiger partial charge on any atom is 0.271 e. The molecular weight excluding hydrogens is 462 g/mol. The summed E-state index contributed by atoms with van der Waals surface area (Å²) in [5, 5.41) is 4.36. The van der Waals surface area contributed by atoms with Crippen molar-refractivity contribution < 1.29 is 22.8 Å². The van der Waals surface area contributed by atoms with E-state index in [1.165, 1.54) is 6.07 Å². The molecule has 0 radical (unpaired) electrons. The second-order valence-corrected chi connectivity index (χ2v) is 10.4. The summed E-state index contributed by atoms with van der Waals surface area (Å²) in [5.41, 5.74) is 2.22. The Labute approximate surface area is 195 Å². The lowest BCUT2D eigenvalue weighted by Crippen LogP contribution is -2.31. The molecule has 8 nitrogen and oxygen atoms in total. The molecule has 0 fully saturated rings. The highest BCUT2D eigenvalue weighted by atomic mass is 32.2. The quantitative estimate of drug-likeness (QED) is 0.472. The number of carbonyl (C=O) groups excluding carboxylic acids is 3. The molecule has 33 heavy (non-hydrogen) atoms. The third-order valence-corrected chi connectivity index (χ3v) is 7.88. The van der Waals surface area contributed by atoms with Gasteiger partial charge in [0, 0.05) is 13.0 Å². The number of anilines is 2. The third-order valence-electron chi connectivity index (χ3n) is 5.12. The van der Waals surface area contributed by atoms with E-state index < -0.39 is 10.0 Å². The third kappa shape index (κ3) is 4.81. The van der Waals surface area contributed by atoms with Gasteiger partial charge in [0.2, 0.25) is 5.91 Å². The normalized spacial score (nSPS) is 13.2. The number of rotatable bonds is 8. The molecule has 170 valence electrons. The molecule has 0 atom stereocenters. The van der Waals surface area contributed by atoms with Crippen LogP contribution in [0.5, 0.6) is 0 Å². The Hall–Kier alpha value is -3.50. The lowest BCUT2D eigenvalue weighted by atomic mass is 10.1. The van der Waals surface area contributed by atoms with Crippen LogP contribution in [-0.2, 0) is 14.8 Å². The standard InChI is InChI=1S/C23H21N3O5S2/c1-15-10-11-16-17(14-15)23(29)26(22(16)28)12-4-8-20(27)24-18-6-2-3-7-19(18)25-33(30,31)21-9-5-13-32-21/h2-3,5-7,9-11,13-14,25H,4,8,12H2,1H3,(H,24,27). The molecule has 2 aromatic carbocycles. The van der Waals surface area contributed by atoms with E-state index in [2.05, 4.69) is 10.0 Å². The fraction of sp³-hybridized carbons (Fsp3) is 0.174. The molecule has 10 heteroatoms. The van der Waals surface area contributed by atoms with Crippen LogP contribution in [0.25, 0.3) is 0 Å². The lowest BCUT2D eigenvalue weighted by Gasteiger charge is -2.15. The molecule has 1 aliphatic rings. The summed E-state index contributed by atoms with van der Waals surface area (Å²) in [6.45, 7) is 1.97. The van der Waals surface area contributed by atoms with Gasteiger partial charge in [-0.05, 0) is 49.1 Å². The van der Waals surface area contributed by atoms with Gasteiger partial charge in [0.15, 0.2) is 0 Å². The number of hydrogen-bond donors (Lipinski definition) is 2. The summed E-state index contributed by atoms with van der Waals surface area (Å²) in [6.07, 6.45) is 0.331. The number of para-hydroxylation sites is 2. The van der Waals surface area contributed by atoms with Crippen LogP contribution < -0.4 is 10.0 Å². The van der Waals surface area contributed by atoms with Crippen molar-refractivity contribution >= 4 is 50.5 Å². The van der Waals surface area contributed by atoms with Gasteiger partial charge in [-0.25, -0.2) is 8.42 Å². The molecule has 1 aromatic heterocycles. The number of thiophene rings is 1. The highest BCUT2D eigenvalue weighted by Crippen LogP contribution is 2.27. The van der Waals surface area contributed by atoms with Gasteiger partial charge in [0.05, 0.1) is 22.5 Å². The van der Waals surface area contributed by atoms with Gasteiger partial charge in [-0.2, -0.15) is 0 Å². The van der Waals surface area contributed by atoms with Crippen LogP contribution in [0.1, 0.15) is 39.1 Å². The first-order valence-electron chi connectivity index (χ1n) is 10.2. The predicted octanol–water partition coefficient (Wildman–Crippen LogP) is 3.87. The maximum absolute atomic E-state index is 12.5. The molecule has 2 heterocycles. The summed E-state index contributed by atoms with van der Waals surface area (Å²) in [4.78, 5) is 38.7. The molecule has 3 amide bonds. The number of hydrogen-bond acceptors (Lipinski definition) is 6. The van der Waals surface area contributed by atoms with Gasteiger partial charge in [-0.15, -0.1) is 11.3 Å². The van der Waals surface area contributed by atoms with Crippen LogP contribution in [0.3, 0.4) is 0 Å². The zero-order chi connectivity index (χ0) is 23.6. The fourth-order valence-corrected chi connectivity index (χ4v) is 5.58. The summed E-state index contributed by atoms with van der Waals surface area (Å²) in [5.74, 6) is -1.07. The Morgan fingerprint density at radius 2 is 1.70 bits per heavy atom. The van der Waals surface area contributed by atoms with E-state index in [0.29, 0.717) is 16.8 Å². The minimum Gasteiger partial charge on any atom is -0.324 e. The molecule has 0 unspecified atom stereocenters.